The van der Waals surface area contributed by atoms with Crippen molar-refractivity contribution in [3.63, 3.8) is 0 Å². The first-order valence-electron chi connectivity index (χ1n) is 9.23. The SMILES string of the molecule is Cc1cc(C)n(-c2ccc(Cl)c(C(=O)OC(C)c3nc4ccccc4c(=O)[nH]3)n2)n1. The molecule has 0 saturated heterocycles. The van der Waals surface area contributed by atoms with Gasteiger partial charge in [0.25, 0.3) is 5.56 Å². The van der Waals surface area contributed by atoms with Crippen LogP contribution in [-0.4, -0.2) is 30.7 Å². The summed E-state index contributed by atoms with van der Waals surface area (Å²) in [7, 11) is 0. The first kappa shape index (κ1) is 19.8. The van der Waals surface area contributed by atoms with E-state index in [9.17, 15) is 9.59 Å². The lowest BCUT2D eigenvalue weighted by molar-refractivity contribution is 0.0313. The maximum Gasteiger partial charge on any atom is 0.359 e. The minimum atomic E-state index is -0.815. The van der Waals surface area contributed by atoms with E-state index in [0.717, 1.165) is 11.4 Å². The Kier molecular flexibility index (Phi) is 5.09. The summed E-state index contributed by atoms with van der Waals surface area (Å²) in [6.07, 6.45) is -0.815. The molecule has 3 heterocycles. The van der Waals surface area contributed by atoms with E-state index in [2.05, 4.69) is 20.1 Å². The van der Waals surface area contributed by atoms with Gasteiger partial charge >= 0.3 is 5.97 Å². The normalized spacial score (nSPS) is 12.1. The van der Waals surface area contributed by atoms with Crippen molar-refractivity contribution in [3.8, 4) is 5.82 Å². The summed E-state index contributed by atoms with van der Waals surface area (Å²) < 4.78 is 7.10. The minimum absolute atomic E-state index is 0.0447. The largest absolute Gasteiger partial charge is 0.450 e. The molecule has 3 aromatic heterocycles. The van der Waals surface area contributed by atoms with Gasteiger partial charge in [-0.3, -0.25) is 4.79 Å². The van der Waals surface area contributed by atoms with Crippen molar-refractivity contribution in [3.05, 3.63) is 80.7 Å². The van der Waals surface area contributed by atoms with E-state index < -0.39 is 12.1 Å². The van der Waals surface area contributed by atoms with Crippen LogP contribution in [0.4, 0.5) is 0 Å². The molecule has 0 aliphatic heterocycles. The van der Waals surface area contributed by atoms with Crippen LogP contribution in [0.5, 0.6) is 0 Å². The molecule has 4 aromatic rings. The van der Waals surface area contributed by atoms with Gasteiger partial charge in [-0.2, -0.15) is 5.10 Å². The van der Waals surface area contributed by atoms with Crippen LogP contribution in [0.25, 0.3) is 16.7 Å². The molecule has 9 heteroatoms. The van der Waals surface area contributed by atoms with Gasteiger partial charge in [-0.1, -0.05) is 23.7 Å². The van der Waals surface area contributed by atoms with Crippen molar-refractivity contribution in [2.75, 3.05) is 0 Å². The van der Waals surface area contributed by atoms with Crippen molar-refractivity contribution in [1.82, 2.24) is 24.7 Å². The van der Waals surface area contributed by atoms with Crippen LogP contribution in [0.2, 0.25) is 5.02 Å². The van der Waals surface area contributed by atoms with E-state index in [1.807, 2.05) is 19.9 Å². The average Bonchev–Trinajstić information content (AvgIpc) is 3.06. The third kappa shape index (κ3) is 3.69. The summed E-state index contributed by atoms with van der Waals surface area (Å²) in [5, 5.41) is 4.98. The van der Waals surface area contributed by atoms with Crippen LogP contribution in [0, 0.1) is 13.8 Å². The minimum Gasteiger partial charge on any atom is -0.450 e. The quantitative estimate of drug-likeness (QED) is 0.502. The number of para-hydroxylation sites is 1. The highest BCUT2D eigenvalue weighted by Crippen LogP contribution is 2.22. The number of benzene rings is 1. The number of aromatic nitrogens is 5. The Morgan fingerprint density at radius 3 is 2.67 bits per heavy atom. The molecule has 0 amide bonds. The van der Waals surface area contributed by atoms with E-state index in [1.54, 1.807) is 48.0 Å². The molecule has 0 aliphatic rings. The fourth-order valence-corrected chi connectivity index (χ4v) is 3.31. The van der Waals surface area contributed by atoms with Crippen LogP contribution in [0.3, 0.4) is 0 Å². The standard InChI is InChI=1S/C21H18ClN5O3/c1-11-10-12(2)27(26-11)17-9-8-15(22)18(24-17)21(29)30-13(3)19-23-16-7-5-4-6-14(16)20(28)25-19/h4-10,13H,1-3H3,(H,23,25,28). The lowest BCUT2D eigenvalue weighted by Gasteiger charge is -2.14. The summed E-state index contributed by atoms with van der Waals surface area (Å²) in [6.45, 7) is 5.37. The maximum atomic E-state index is 12.8. The monoisotopic (exact) mass is 423 g/mol. The molecule has 0 spiro atoms. The van der Waals surface area contributed by atoms with Gasteiger partial charge in [0.05, 0.1) is 21.6 Å². The molecule has 8 nitrogen and oxygen atoms in total. The highest BCUT2D eigenvalue weighted by molar-refractivity contribution is 6.33. The van der Waals surface area contributed by atoms with Crippen LogP contribution < -0.4 is 5.56 Å². The average molecular weight is 424 g/mol. The highest BCUT2D eigenvalue weighted by Gasteiger charge is 2.21. The van der Waals surface area contributed by atoms with Crippen molar-refractivity contribution >= 4 is 28.5 Å². The van der Waals surface area contributed by atoms with Gasteiger partial charge in [0, 0.05) is 5.69 Å². The number of aryl methyl sites for hydroxylation is 2. The second-order valence-electron chi connectivity index (χ2n) is 6.85. The van der Waals surface area contributed by atoms with Crippen molar-refractivity contribution < 1.29 is 9.53 Å². The molecular formula is C21H18ClN5O3. The summed E-state index contributed by atoms with van der Waals surface area (Å²) >= 11 is 6.19. The summed E-state index contributed by atoms with van der Waals surface area (Å²) in [5.74, 6) is -0.0496. The number of halogens is 1. The third-order valence-electron chi connectivity index (χ3n) is 4.55. The molecule has 30 heavy (non-hydrogen) atoms. The second kappa shape index (κ2) is 7.72. The molecule has 1 N–H and O–H groups in total. The predicted molar refractivity (Wildman–Crippen MR) is 112 cm³/mol. The van der Waals surface area contributed by atoms with Crippen LogP contribution >= 0.6 is 11.6 Å². The maximum absolute atomic E-state index is 12.8. The van der Waals surface area contributed by atoms with Gasteiger partial charge in [-0.05, 0) is 51.1 Å². The number of carbonyl (C=O) groups excluding carboxylic acids is 1. The first-order chi connectivity index (χ1) is 14.3. The molecule has 0 aliphatic carbocycles. The molecule has 152 valence electrons. The third-order valence-corrected chi connectivity index (χ3v) is 4.86. The molecule has 0 radical (unpaired) electrons. The number of ether oxygens (including phenoxy) is 1. The number of carbonyl (C=O) groups is 1. The van der Waals surface area contributed by atoms with Crippen LogP contribution in [-0.2, 0) is 4.74 Å². The van der Waals surface area contributed by atoms with Crippen LogP contribution in [0.1, 0.15) is 40.7 Å². The number of fused-ring (bicyclic) bond motifs is 1. The Bertz CT molecular complexity index is 1330. The number of nitrogens with zero attached hydrogens (tertiary/aromatic N) is 4. The van der Waals surface area contributed by atoms with Crippen molar-refractivity contribution in [2.45, 2.75) is 26.9 Å². The summed E-state index contributed by atoms with van der Waals surface area (Å²) in [4.78, 5) is 36.4. The van der Waals surface area contributed by atoms with Crippen molar-refractivity contribution in [2.24, 2.45) is 0 Å². The fourth-order valence-electron chi connectivity index (χ4n) is 3.12. The number of aromatic amines is 1. The van der Waals surface area contributed by atoms with Gasteiger partial charge in [-0.15, -0.1) is 0 Å². The van der Waals surface area contributed by atoms with E-state index in [0.29, 0.717) is 16.7 Å². The number of hydrogen-bond donors (Lipinski definition) is 1. The molecule has 0 saturated carbocycles. The number of pyridine rings is 1. The number of rotatable bonds is 4. The van der Waals surface area contributed by atoms with Gasteiger partial charge in [-0.25, -0.2) is 19.4 Å². The molecule has 1 unspecified atom stereocenters. The zero-order chi connectivity index (χ0) is 21.4. The Balaban J connectivity index is 1.63. The molecular weight excluding hydrogens is 406 g/mol. The molecule has 1 aromatic carbocycles. The number of H-pyrrole nitrogens is 1. The van der Waals surface area contributed by atoms with Crippen LogP contribution in [0.15, 0.2) is 47.3 Å². The van der Waals surface area contributed by atoms with E-state index in [4.69, 9.17) is 16.3 Å². The van der Waals surface area contributed by atoms with Crippen molar-refractivity contribution in [1.29, 1.82) is 0 Å². The first-order valence-corrected chi connectivity index (χ1v) is 9.61. The van der Waals surface area contributed by atoms with Gasteiger partial charge in [0.2, 0.25) is 0 Å². The fraction of sp³-hybridized carbons (Fsp3) is 0.190. The lowest BCUT2D eigenvalue weighted by Crippen LogP contribution is -2.18. The van der Waals surface area contributed by atoms with Gasteiger partial charge in [0.1, 0.15) is 0 Å². The second-order valence-corrected chi connectivity index (χ2v) is 7.26. The Morgan fingerprint density at radius 1 is 1.17 bits per heavy atom. The Labute approximate surface area is 176 Å². The number of hydrogen-bond acceptors (Lipinski definition) is 6. The highest BCUT2D eigenvalue weighted by atomic mass is 35.5. The van der Waals surface area contributed by atoms with E-state index >= 15 is 0 Å². The Hall–Kier alpha value is -3.52. The van der Waals surface area contributed by atoms with E-state index in [-0.39, 0.29) is 22.1 Å². The van der Waals surface area contributed by atoms with Gasteiger partial charge < -0.3 is 9.72 Å². The molecule has 0 fully saturated rings. The summed E-state index contributed by atoms with van der Waals surface area (Å²) in [5.41, 5.74) is 1.86. The zero-order valence-electron chi connectivity index (χ0n) is 16.5. The molecule has 1 atom stereocenters. The number of esters is 1. The molecule has 4 rings (SSSR count). The molecule has 0 bridgehead atoms. The lowest BCUT2D eigenvalue weighted by atomic mass is 10.2. The predicted octanol–water partition coefficient (Wildman–Crippen LogP) is 3.69. The smallest absolute Gasteiger partial charge is 0.359 e. The number of nitrogens with one attached hydrogen (secondary N) is 1. The topological polar surface area (TPSA) is 103 Å². The zero-order valence-corrected chi connectivity index (χ0v) is 17.3. The Morgan fingerprint density at radius 2 is 1.93 bits per heavy atom. The van der Waals surface area contributed by atoms with Gasteiger partial charge in [0.15, 0.2) is 23.4 Å². The van der Waals surface area contributed by atoms with E-state index in [1.165, 1.54) is 0 Å². The summed E-state index contributed by atoms with van der Waals surface area (Å²) in [6, 6.07) is 12.1.